The molecule has 3 N–H and O–H groups in total. The highest BCUT2D eigenvalue weighted by molar-refractivity contribution is 7.92. The number of fused-ring (bicyclic) bond motifs is 1. The standard InChI is InChI=1S/C14H18N4O2S/c1-10(15)11-4-5-13-12(9-11)3-2-8-18(13)21(19,20)14-6-7-16-17-14/h4-7,9-10H,2-3,8,15H2,1H3,(H,16,17). The number of H-pyrrole nitrogens is 1. The molecule has 1 aromatic carbocycles. The number of aromatic nitrogens is 2. The molecule has 7 heteroatoms. The summed E-state index contributed by atoms with van der Waals surface area (Å²) in [5.41, 5.74) is 8.69. The Balaban J connectivity index is 2.05. The van der Waals surface area contributed by atoms with E-state index in [0.29, 0.717) is 6.54 Å². The number of nitrogens with two attached hydrogens (primary N) is 1. The quantitative estimate of drug-likeness (QED) is 0.900. The molecule has 3 rings (SSSR count). The van der Waals surface area contributed by atoms with Crippen LogP contribution < -0.4 is 10.0 Å². The van der Waals surface area contributed by atoms with Crippen LogP contribution in [0, 0.1) is 0 Å². The summed E-state index contributed by atoms with van der Waals surface area (Å²) in [6.45, 7) is 2.40. The minimum atomic E-state index is -3.58. The molecule has 1 aromatic heterocycles. The van der Waals surface area contributed by atoms with Crippen LogP contribution in [0.1, 0.15) is 30.5 Å². The minimum Gasteiger partial charge on any atom is -0.324 e. The van der Waals surface area contributed by atoms with E-state index in [4.69, 9.17) is 5.73 Å². The van der Waals surface area contributed by atoms with E-state index in [1.807, 2.05) is 25.1 Å². The fourth-order valence-corrected chi connectivity index (χ4v) is 4.07. The lowest BCUT2D eigenvalue weighted by Crippen LogP contribution is -2.35. The van der Waals surface area contributed by atoms with Gasteiger partial charge in [0.15, 0.2) is 5.03 Å². The van der Waals surface area contributed by atoms with Crippen LogP contribution in [0.25, 0.3) is 0 Å². The molecule has 21 heavy (non-hydrogen) atoms. The van der Waals surface area contributed by atoms with E-state index in [0.717, 1.165) is 29.7 Å². The van der Waals surface area contributed by atoms with Gasteiger partial charge in [-0.15, -0.1) is 0 Å². The molecule has 0 bridgehead atoms. The molecule has 0 saturated carbocycles. The number of anilines is 1. The van der Waals surface area contributed by atoms with E-state index in [2.05, 4.69) is 10.2 Å². The Morgan fingerprint density at radius 1 is 1.38 bits per heavy atom. The van der Waals surface area contributed by atoms with Gasteiger partial charge in [0.2, 0.25) is 0 Å². The minimum absolute atomic E-state index is 0.0603. The molecule has 2 heterocycles. The molecule has 0 saturated heterocycles. The van der Waals surface area contributed by atoms with Gasteiger partial charge in [0, 0.05) is 12.6 Å². The third-order valence-electron chi connectivity index (χ3n) is 3.75. The number of hydrogen-bond acceptors (Lipinski definition) is 4. The summed E-state index contributed by atoms with van der Waals surface area (Å²) in [7, 11) is -3.58. The van der Waals surface area contributed by atoms with Crippen LogP contribution in [0.2, 0.25) is 0 Å². The van der Waals surface area contributed by atoms with Crippen molar-refractivity contribution in [1.82, 2.24) is 10.2 Å². The second kappa shape index (κ2) is 5.16. The summed E-state index contributed by atoms with van der Waals surface area (Å²) in [6, 6.07) is 7.16. The smallest absolute Gasteiger partial charge is 0.281 e. The monoisotopic (exact) mass is 306 g/mol. The van der Waals surface area contributed by atoms with Gasteiger partial charge in [-0.25, -0.2) is 0 Å². The van der Waals surface area contributed by atoms with E-state index >= 15 is 0 Å². The number of hydrogen-bond donors (Lipinski definition) is 2. The lowest BCUT2D eigenvalue weighted by atomic mass is 9.98. The first-order valence-electron chi connectivity index (χ1n) is 6.90. The first-order chi connectivity index (χ1) is 10.00. The third kappa shape index (κ3) is 2.43. The van der Waals surface area contributed by atoms with Crippen LogP contribution in [0.4, 0.5) is 5.69 Å². The van der Waals surface area contributed by atoms with Gasteiger partial charge in [-0.3, -0.25) is 9.40 Å². The molecule has 1 aliphatic rings. The molecule has 1 aliphatic heterocycles. The lowest BCUT2D eigenvalue weighted by Gasteiger charge is -2.30. The molecule has 1 unspecified atom stereocenters. The Kier molecular flexibility index (Phi) is 3.46. The maximum absolute atomic E-state index is 12.7. The number of aryl methyl sites for hydroxylation is 1. The molecule has 0 spiro atoms. The fourth-order valence-electron chi connectivity index (χ4n) is 2.62. The van der Waals surface area contributed by atoms with Gasteiger partial charge in [-0.05, 0) is 43.0 Å². The largest absolute Gasteiger partial charge is 0.324 e. The van der Waals surface area contributed by atoms with Crippen LogP contribution in [0.3, 0.4) is 0 Å². The van der Waals surface area contributed by atoms with Crippen molar-refractivity contribution in [3.8, 4) is 0 Å². The molecule has 0 aliphatic carbocycles. The second-order valence-corrected chi connectivity index (χ2v) is 7.11. The Morgan fingerprint density at radius 3 is 2.86 bits per heavy atom. The van der Waals surface area contributed by atoms with E-state index in [-0.39, 0.29) is 11.1 Å². The van der Waals surface area contributed by atoms with Crippen molar-refractivity contribution in [2.45, 2.75) is 30.8 Å². The van der Waals surface area contributed by atoms with Gasteiger partial charge in [0.25, 0.3) is 10.0 Å². The maximum Gasteiger partial charge on any atom is 0.281 e. The Labute approximate surface area is 124 Å². The molecule has 0 amide bonds. The van der Waals surface area contributed by atoms with Crippen molar-refractivity contribution in [2.24, 2.45) is 5.73 Å². The van der Waals surface area contributed by atoms with Crippen LogP contribution in [-0.4, -0.2) is 25.2 Å². The van der Waals surface area contributed by atoms with Gasteiger partial charge in [-0.1, -0.05) is 12.1 Å². The van der Waals surface area contributed by atoms with E-state index in [9.17, 15) is 8.42 Å². The summed E-state index contributed by atoms with van der Waals surface area (Å²) in [5.74, 6) is 0. The van der Waals surface area contributed by atoms with Crippen LogP contribution in [0.15, 0.2) is 35.5 Å². The maximum atomic E-state index is 12.7. The average molecular weight is 306 g/mol. The zero-order chi connectivity index (χ0) is 15.0. The highest BCUT2D eigenvalue weighted by Gasteiger charge is 2.30. The first kappa shape index (κ1) is 14.1. The molecule has 6 nitrogen and oxygen atoms in total. The van der Waals surface area contributed by atoms with Gasteiger partial charge in [-0.2, -0.15) is 13.5 Å². The number of nitrogens with zero attached hydrogens (tertiary/aromatic N) is 2. The molecule has 1 atom stereocenters. The van der Waals surface area contributed by atoms with Gasteiger partial charge >= 0.3 is 0 Å². The van der Waals surface area contributed by atoms with Gasteiger partial charge in [0.1, 0.15) is 0 Å². The Bertz CT molecular complexity index is 738. The van der Waals surface area contributed by atoms with Gasteiger partial charge < -0.3 is 5.73 Å². The molecule has 0 fully saturated rings. The predicted octanol–water partition coefficient (Wildman–Crippen LogP) is 1.57. The number of rotatable bonds is 3. The Morgan fingerprint density at radius 2 is 2.19 bits per heavy atom. The van der Waals surface area contributed by atoms with Crippen molar-refractivity contribution in [3.05, 3.63) is 41.6 Å². The third-order valence-corrected chi connectivity index (χ3v) is 5.49. The molecular weight excluding hydrogens is 288 g/mol. The predicted molar refractivity (Wildman–Crippen MR) is 80.5 cm³/mol. The summed E-state index contributed by atoms with van der Waals surface area (Å²) in [5, 5.41) is 6.38. The lowest BCUT2D eigenvalue weighted by molar-refractivity contribution is 0.582. The molecular formula is C14H18N4O2S. The zero-order valence-electron chi connectivity index (χ0n) is 11.8. The Hall–Kier alpha value is -1.86. The van der Waals surface area contributed by atoms with Crippen LogP contribution >= 0.6 is 0 Å². The first-order valence-corrected chi connectivity index (χ1v) is 8.34. The summed E-state index contributed by atoms with van der Waals surface area (Å²) < 4.78 is 26.8. The van der Waals surface area contributed by atoms with Crippen LogP contribution in [0.5, 0.6) is 0 Å². The number of aromatic amines is 1. The van der Waals surface area contributed by atoms with Crippen molar-refractivity contribution < 1.29 is 8.42 Å². The normalized spacial score (nSPS) is 16.6. The fraction of sp³-hybridized carbons (Fsp3) is 0.357. The SMILES string of the molecule is CC(N)c1ccc2c(c1)CCCN2S(=O)(=O)c1ccn[nH]1. The van der Waals surface area contributed by atoms with Crippen LogP contribution in [-0.2, 0) is 16.4 Å². The average Bonchev–Trinajstić information content (AvgIpc) is 3.00. The second-order valence-electron chi connectivity index (χ2n) is 5.28. The van der Waals surface area contributed by atoms with Crippen molar-refractivity contribution >= 4 is 15.7 Å². The van der Waals surface area contributed by atoms with E-state index in [1.165, 1.54) is 16.6 Å². The van der Waals surface area contributed by atoms with Crippen molar-refractivity contribution in [1.29, 1.82) is 0 Å². The highest BCUT2D eigenvalue weighted by atomic mass is 32.2. The van der Waals surface area contributed by atoms with E-state index < -0.39 is 10.0 Å². The number of nitrogens with one attached hydrogen (secondary N) is 1. The summed E-state index contributed by atoms with van der Waals surface area (Å²) >= 11 is 0. The number of sulfonamides is 1. The van der Waals surface area contributed by atoms with Gasteiger partial charge in [0.05, 0.1) is 11.9 Å². The number of benzene rings is 1. The molecule has 112 valence electrons. The summed E-state index contributed by atoms with van der Waals surface area (Å²) in [6.07, 6.45) is 3.10. The molecule has 2 aromatic rings. The van der Waals surface area contributed by atoms with E-state index in [1.54, 1.807) is 0 Å². The van der Waals surface area contributed by atoms with Crippen molar-refractivity contribution in [3.63, 3.8) is 0 Å². The highest BCUT2D eigenvalue weighted by Crippen LogP contribution is 2.32. The zero-order valence-corrected chi connectivity index (χ0v) is 12.6. The topological polar surface area (TPSA) is 92.1 Å². The molecule has 0 radical (unpaired) electrons. The summed E-state index contributed by atoms with van der Waals surface area (Å²) in [4.78, 5) is 0. The van der Waals surface area contributed by atoms with Crippen molar-refractivity contribution in [2.75, 3.05) is 10.8 Å².